The Hall–Kier alpha value is -1.38. The van der Waals surface area contributed by atoms with Gasteiger partial charge < -0.3 is 9.90 Å². The average Bonchev–Trinajstić information content (AvgIpc) is 2.07. The average molecular weight is 164 g/mol. The molecule has 0 amide bonds. The quantitative estimate of drug-likeness (QED) is 0.646. The summed E-state index contributed by atoms with van der Waals surface area (Å²) in [5, 5.41) is 10.6. The van der Waals surface area contributed by atoms with Crippen molar-refractivity contribution in [1.29, 1.82) is 0 Å². The van der Waals surface area contributed by atoms with Crippen molar-refractivity contribution in [2.75, 3.05) is 0 Å². The molecule has 0 bridgehead atoms. The van der Waals surface area contributed by atoms with Gasteiger partial charge in [-0.2, -0.15) is 0 Å². The Balaban J connectivity index is 2.88. The van der Waals surface area contributed by atoms with Gasteiger partial charge in [0, 0.05) is 17.8 Å². The molecule has 1 aromatic heterocycles. The summed E-state index contributed by atoms with van der Waals surface area (Å²) in [6, 6.07) is 5.23. The van der Waals surface area contributed by atoms with Crippen LogP contribution in [0.4, 0.5) is 0 Å². The van der Waals surface area contributed by atoms with Gasteiger partial charge in [0.25, 0.3) is 0 Å². The van der Waals surface area contributed by atoms with Crippen LogP contribution in [0, 0.1) is 0 Å². The molecule has 1 heterocycles. The lowest BCUT2D eigenvalue weighted by molar-refractivity contribution is -0.308. The third kappa shape index (κ3) is 1.81. The third-order valence-corrected chi connectivity index (χ3v) is 1.74. The second-order valence-corrected chi connectivity index (χ2v) is 2.53. The number of nitrogens with zero attached hydrogens (tertiary/aromatic N) is 1. The van der Waals surface area contributed by atoms with Gasteiger partial charge in [0.15, 0.2) is 0 Å². The fourth-order valence-corrected chi connectivity index (χ4v) is 1.08. The van der Waals surface area contributed by atoms with Crippen LogP contribution in [0.25, 0.3) is 0 Å². The largest absolute Gasteiger partial charge is 0.549 e. The van der Waals surface area contributed by atoms with Gasteiger partial charge in [-0.1, -0.05) is 13.0 Å². The molecule has 64 valence electrons. The maximum Gasteiger partial charge on any atom is 0.0504 e. The Labute approximate surface area is 71.1 Å². The molecule has 0 aliphatic rings. The number of hydrogen-bond acceptors (Lipinski definition) is 3. The van der Waals surface area contributed by atoms with Crippen molar-refractivity contribution in [2.24, 2.45) is 0 Å². The molecule has 0 N–H and O–H groups in total. The first-order valence-electron chi connectivity index (χ1n) is 3.87. The van der Waals surface area contributed by atoms with Crippen molar-refractivity contribution < 1.29 is 9.90 Å². The highest BCUT2D eigenvalue weighted by atomic mass is 16.4. The minimum Gasteiger partial charge on any atom is -0.549 e. The Kier molecular flexibility index (Phi) is 2.80. The molecule has 0 aromatic carbocycles. The second-order valence-electron chi connectivity index (χ2n) is 2.53. The highest BCUT2D eigenvalue weighted by Crippen LogP contribution is 2.14. The second kappa shape index (κ2) is 3.85. The van der Waals surface area contributed by atoms with Crippen LogP contribution < -0.4 is 5.11 Å². The molecule has 0 radical (unpaired) electrons. The van der Waals surface area contributed by atoms with E-state index in [1.165, 1.54) is 0 Å². The molecule has 0 aliphatic heterocycles. The van der Waals surface area contributed by atoms with Gasteiger partial charge in [-0.3, -0.25) is 4.98 Å². The van der Waals surface area contributed by atoms with Gasteiger partial charge in [-0.05, 0) is 18.6 Å². The van der Waals surface area contributed by atoms with Gasteiger partial charge in [-0.15, -0.1) is 0 Å². The summed E-state index contributed by atoms with van der Waals surface area (Å²) >= 11 is 0. The first-order chi connectivity index (χ1) is 5.75. The molecule has 12 heavy (non-hydrogen) atoms. The molecule has 1 atom stereocenters. The molecule has 3 heteroatoms. The highest BCUT2D eigenvalue weighted by molar-refractivity contribution is 5.73. The van der Waals surface area contributed by atoms with Gasteiger partial charge in [0.2, 0.25) is 0 Å². The van der Waals surface area contributed by atoms with Gasteiger partial charge in [0.1, 0.15) is 0 Å². The van der Waals surface area contributed by atoms with Crippen LogP contribution in [0.3, 0.4) is 0 Å². The van der Waals surface area contributed by atoms with Crippen molar-refractivity contribution in [3.05, 3.63) is 30.1 Å². The van der Waals surface area contributed by atoms with Crippen molar-refractivity contribution in [3.8, 4) is 0 Å². The number of rotatable bonds is 3. The van der Waals surface area contributed by atoms with E-state index in [0.717, 1.165) is 0 Å². The predicted octanol–water partition coefficient (Wildman–Crippen LogP) is 0.325. The lowest BCUT2D eigenvalue weighted by atomic mass is 10.0. The Bertz CT molecular complexity index is 258. The number of aromatic nitrogens is 1. The van der Waals surface area contributed by atoms with Gasteiger partial charge >= 0.3 is 0 Å². The monoisotopic (exact) mass is 164 g/mol. The predicted molar refractivity (Wildman–Crippen MR) is 42.3 cm³/mol. The van der Waals surface area contributed by atoms with Crippen molar-refractivity contribution in [2.45, 2.75) is 19.3 Å². The summed E-state index contributed by atoms with van der Waals surface area (Å²) in [5.74, 6) is -1.64. The summed E-state index contributed by atoms with van der Waals surface area (Å²) in [6.45, 7) is 1.80. The summed E-state index contributed by atoms with van der Waals surface area (Å²) in [7, 11) is 0. The first-order valence-corrected chi connectivity index (χ1v) is 3.87. The first kappa shape index (κ1) is 8.71. The van der Waals surface area contributed by atoms with Crippen molar-refractivity contribution in [3.63, 3.8) is 0 Å². The minimum absolute atomic E-state index is 0.513. The van der Waals surface area contributed by atoms with E-state index < -0.39 is 11.9 Å². The van der Waals surface area contributed by atoms with E-state index in [1.54, 1.807) is 31.3 Å². The number of carbonyl (C=O) groups excluding carboxylic acids is 1. The lowest BCUT2D eigenvalue weighted by Crippen LogP contribution is -2.29. The zero-order chi connectivity index (χ0) is 8.97. The maximum atomic E-state index is 10.6. The Morgan fingerprint density at radius 3 is 2.83 bits per heavy atom. The number of carbonyl (C=O) groups is 1. The number of hydrogen-bond donors (Lipinski definition) is 0. The molecule has 0 saturated heterocycles. The van der Waals surface area contributed by atoms with Crippen LogP contribution in [0.2, 0.25) is 0 Å². The Morgan fingerprint density at radius 2 is 2.42 bits per heavy atom. The number of carboxylic acids is 1. The fourth-order valence-electron chi connectivity index (χ4n) is 1.08. The SMILES string of the molecule is CCC(C(=O)[O-])c1ccccn1. The lowest BCUT2D eigenvalue weighted by Gasteiger charge is -2.14. The van der Waals surface area contributed by atoms with Crippen LogP contribution in [0.1, 0.15) is 25.0 Å². The number of aliphatic carboxylic acids is 1. The number of carboxylic acid groups (broad SMARTS) is 1. The van der Waals surface area contributed by atoms with Crippen LogP contribution in [0.15, 0.2) is 24.4 Å². The van der Waals surface area contributed by atoms with Crippen LogP contribution in [0.5, 0.6) is 0 Å². The van der Waals surface area contributed by atoms with E-state index in [1.807, 2.05) is 0 Å². The van der Waals surface area contributed by atoms with Crippen molar-refractivity contribution in [1.82, 2.24) is 4.98 Å². The summed E-state index contributed by atoms with van der Waals surface area (Å²) in [5.41, 5.74) is 0.569. The number of pyridine rings is 1. The van der Waals surface area contributed by atoms with E-state index in [-0.39, 0.29) is 0 Å². The molecule has 0 fully saturated rings. The molecule has 3 nitrogen and oxygen atoms in total. The zero-order valence-electron chi connectivity index (χ0n) is 6.86. The standard InChI is InChI=1S/C9H11NO2/c1-2-7(9(11)12)8-5-3-4-6-10-8/h3-7H,2H2,1H3,(H,11,12)/p-1. The van der Waals surface area contributed by atoms with E-state index >= 15 is 0 Å². The maximum absolute atomic E-state index is 10.6. The van der Waals surface area contributed by atoms with Gasteiger partial charge in [-0.25, -0.2) is 0 Å². The van der Waals surface area contributed by atoms with E-state index in [2.05, 4.69) is 4.98 Å². The smallest absolute Gasteiger partial charge is 0.0504 e. The summed E-state index contributed by atoms with van der Waals surface area (Å²) < 4.78 is 0. The molecule has 1 unspecified atom stereocenters. The fraction of sp³-hybridized carbons (Fsp3) is 0.333. The van der Waals surface area contributed by atoms with E-state index in [9.17, 15) is 9.90 Å². The third-order valence-electron chi connectivity index (χ3n) is 1.74. The van der Waals surface area contributed by atoms with Crippen LogP contribution >= 0.6 is 0 Å². The van der Waals surface area contributed by atoms with E-state index in [4.69, 9.17) is 0 Å². The highest BCUT2D eigenvalue weighted by Gasteiger charge is 2.10. The molecule has 0 saturated carbocycles. The Morgan fingerprint density at radius 1 is 1.67 bits per heavy atom. The molecule has 0 spiro atoms. The summed E-state index contributed by atoms with van der Waals surface area (Å²) in [4.78, 5) is 14.5. The topological polar surface area (TPSA) is 53.0 Å². The molecular formula is C9H10NO2-. The molecule has 0 aliphatic carbocycles. The minimum atomic E-state index is -1.06. The van der Waals surface area contributed by atoms with Gasteiger partial charge in [0.05, 0.1) is 5.97 Å². The molecule has 1 aromatic rings. The van der Waals surface area contributed by atoms with Crippen molar-refractivity contribution >= 4 is 5.97 Å². The van der Waals surface area contributed by atoms with Crippen LogP contribution in [-0.4, -0.2) is 11.0 Å². The summed E-state index contributed by atoms with van der Waals surface area (Å²) in [6.07, 6.45) is 2.10. The normalized spacial score (nSPS) is 12.4. The zero-order valence-corrected chi connectivity index (χ0v) is 6.86. The van der Waals surface area contributed by atoms with E-state index in [0.29, 0.717) is 12.1 Å². The molecule has 1 rings (SSSR count). The van der Waals surface area contributed by atoms with Crippen LogP contribution in [-0.2, 0) is 4.79 Å². The molecular weight excluding hydrogens is 154 g/mol.